The van der Waals surface area contributed by atoms with Crippen LogP contribution in [0.2, 0.25) is 0 Å². The predicted molar refractivity (Wildman–Crippen MR) is 69.9 cm³/mol. The number of nitrogens with zero attached hydrogens (tertiary/aromatic N) is 1. The number of amides is 1. The van der Waals surface area contributed by atoms with E-state index in [4.69, 9.17) is 0 Å². The molecule has 2 aliphatic rings. The molecule has 2 fully saturated rings. The van der Waals surface area contributed by atoms with Crippen molar-refractivity contribution in [3.63, 3.8) is 0 Å². The normalized spacial score (nSPS) is 28.4. The quantitative estimate of drug-likeness (QED) is 0.800. The van der Waals surface area contributed by atoms with Crippen molar-refractivity contribution in [3.05, 3.63) is 0 Å². The first-order valence-corrected chi connectivity index (χ1v) is 7.14. The Balaban J connectivity index is 2.19. The predicted octanol–water partition coefficient (Wildman–Crippen LogP) is 2.31. The molecule has 1 unspecified atom stereocenters. The van der Waals surface area contributed by atoms with Crippen molar-refractivity contribution in [2.24, 2.45) is 0 Å². The summed E-state index contributed by atoms with van der Waals surface area (Å²) in [7, 11) is 1.99. The minimum absolute atomic E-state index is 0.212. The fourth-order valence-corrected chi connectivity index (χ4v) is 4.02. The summed E-state index contributed by atoms with van der Waals surface area (Å²) in [6, 6.07) is 0.421. The van der Waals surface area contributed by atoms with E-state index in [0.717, 1.165) is 6.54 Å². The van der Waals surface area contributed by atoms with Gasteiger partial charge in [-0.1, -0.05) is 19.3 Å². The zero-order valence-corrected chi connectivity index (χ0v) is 11.3. The van der Waals surface area contributed by atoms with Crippen molar-refractivity contribution in [1.82, 2.24) is 10.2 Å². The molecule has 0 bridgehead atoms. The van der Waals surface area contributed by atoms with E-state index >= 15 is 0 Å². The Hall–Kier alpha value is -0.570. The van der Waals surface area contributed by atoms with E-state index in [1.165, 1.54) is 51.4 Å². The van der Waals surface area contributed by atoms with Crippen LogP contribution in [0.4, 0.5) is 0 Å². The average molecular weight is 238 g/mol. The number of carbonyl (C=O) groups excluding carboxylic acids is 1. The fourth-order valence-electron chi connectivity index (χ4n) is 4.02. The number of rotatable bonds is 2. The number of hydrogen-bond donors (Lipinski definition) is 1. The zero-order valence-electron chi connectivity index (χ0n) is 11.3. The molecule has 0 aromatic carbocycles. The highest BCUT2D eigenvalue weighted by Gasteiger charge is 2.44. The molecule has 3 nitrogen and oxygen atoms in total. The van der Waals surface area contributed by atoms with E-state index in [0.29, 0.717) is 6.04 Å². The molecule has 1 aliphatic heterocycles. The monoisotopic (exact) mass is 238 g/mol. The molecule has 0 radical (unpaired) electrons. The second-order valence-corrected chi connectivity index (χ2v) is 5.78. The van der Waals surface area contributed by atoms with Gasteiger partial charge < -0.3 is 10.2 Å². The van der Waals surface area contributed by atoms with Crippen LogP contribution in [0.25, 0.3) is 0 Å². The van der Waals surface area contributed by atoms with Gasteiger partial charge in [0.15, 0.2) is 0 Å². The second kappa shape index (κ2) is 5.38. The number of nitrogens with one attached hydrogen (secondary N) is 1. The summed E-state index contributed by atoms with van der Waals surface area (Å²) in [6.07, 6.45) is 10.1. The lowest BCUT2D eigenvalue weighted by atomic mass is 9.73. The summed E-state index contributed by atoms with van der Waals surface area (Å²) in [5, 5.41) is 3.25. The second-order valence-electron chi connectivity index (χ2n) is 5.78. The molecule has 2 rings (SSSR count). The molecular weight excluding hydrogens is 212 g/mol. The standard InChI is InChI=1S/C14H26N2O/c1-12(17)16-13(11-15-2)7-6-10-14(16)8-4-3-5-9-14/h13,15H,3-11H2,1-2H3. The topological polar surface area (TPSA) is 32.3 Å². The highest BCUT2D eigenvalue weighted by Crippen LogP contribution is 2.42. The molecule has 1 N–H and O–H groups in total. The summed E-state index contributed by atoms with van der Waals surface area (Å²) in [5.41, 5.74) is 0.212. The van der Waals surface area contributed by atoms with Crippen molar-refractivity contribution < 1.29 is 4.79 Å². The molecule has 0 aromatic heterocycles. The number of likely N-dealkylation sites (tertiary alicyclic amines) is 1. The van der Waals surface area contributed by atoms with Crippen LogP contribution in [0.5, 0.6) is 0 Å². The number of piperidine rings is 1. The van der Waals surface area contributed by atoms with E-state index in [2.05, 4.69) is 10.2 Å². The first kappa shape index (κ1) is 12.9. The summed E-state index contributed by atoms with van der Waals surface area (Å²) >= 11 is 0. The third-order valence-corrected chi connectivity index (χ3v) is 4.62. The van der Waals surface area contributed by atoms with Gasteiger partial charge in [0.05, 0.1) is 0 Å². The number of hydrogen-bond acceptors (Lipinski definition) is 2. The first-order chi connectivity index (χ1) is 8.19. The molecule has 17 heavy (non-hydrogen) atoms. The molecule has 1 spiro atoms. The van der Waals surface area contributed by atoms with Crippen molar-refractivity contribution in [1.29, 1.82) is 0 Å². The lowest BCUT2D eigenvalue weighted by Crippen LogP contribution is -2.61. The van der Waals surface area contributed by atoms with Gasteiger partial charge in [-0.25, -0.2) is 0 Å². The maximum Gasteiger partial charge on any atom is 0.220 e. The van der Waals surface area contributed by atoms with Crippen molar-refractivity contribution in [2.75, 3.05) is 13.6 Å². The van der Waals surface area contributed by atoms with Gasteiger partial charge in [-0.05, 0) is 39.2 Å². The van der Waals surface area contributed by atoms with Gasteiger partial charge >= 0.3 is 0 Å². The molecule has 1 amide bonds. The zero-order chi connectivity index (χ0) is 12.3. The van der Waals surface area contributed by atoms with Crippen LogP contribution in [0, 0.1) is 0 Å². The Morgan fingerprint density at radius 1 is 1.24 bits per heavy atom. The summed E-state index contributed by atoms with van der Waals surface area (Å²) in [6.45, 7) is 2.70. The highest BCUT2D eigenvalue weighted by molar-refractivity contribution is 5.75. The lowest BCUT2D eigenvalue weighted by molar-refractivity contribution is -0.144. The summed E-state index contributed by atoms with van der Waals surface area (Å²) in [4.78, 5) is 14.3. The SMILES string of the molecule is CNCC1CCCC2(CCCCC2)N1C(C)=O. The largest absolute Gasteiger partial charge is 0.333 e. The highest BCUT2D eigenvalue weighted by atomic mass is 16.2. The Labute approximate surface area is 105 Å². The minimum atomic E-state index is 0.212. The van der Waals surface area contributed by atoms with Crippen LogP contribution >= 0.6 is 0 Å². The van der Waals surface area contributed by atoms with Crippen LogP contribution in [0.1, 0.15) is 58.3 Å². The van der Waals surface area contributed by atoms with E-state index in [-0.39, 0.29) is 11.4 Å². The number of likely N-dealkylation sites (N-methyl/N-ethyl adjacent to an activating group) is 1. The van der Waals surface area contributed by atoms with Crippen LogP contribution in [0.3, 0.4) is 0 Å². The molecule has 1 atom stereocenters. The number of carbonyl (C=O) groups is 1. The van der Waals surface area contributed by atoms with Gasteiger partial charge in [-0.3, -0.25) is 4.79 Å². The van der Waals surface area contributed by atoms with Gasteiger partial charge in [0.1, 0.15) is 0 Å². The van der Waals surface area contributed by atoms with Gasteiger partial charge in [0, 0.05) is 25.0 Å². The Kier molecular flexibility index (Phi) is 4.08. The summed E-state index contributed by atoms with van der Waals surface area (Å²) < 4.78 is 0. The lowest BCUT2D eigenvalue weighted by Gasteiger charge is -2.53. The van der Waals surface area contributed by atoms with Gasteiger partial charge in [-0.15, -0.1) is 0 Å². The fraction of sp³-hybridized carbons (Fsp3) is 0.929. The van der Waals surface area contributed by atoms with E-state index in [9.17, 15) is 4.79 Å². The van der Waals surface area contributed by atoms with E-state index < -0.39 is 0 Å². The van der Waals surface area contributed by atoms with Crippen LogP contribution in [-0.2, 0) is 4.79 Å². The maximum atomic E-state index is 12.1. The molecule has 1 saturated carbocycles. The van der Waals surface area contributed by atoms with Crippen LogP contribution < -0.4 is 5.32 Å². The molecule has 3 heteroatoms. The molecule has 98 valence electrons. The van der Waals surface area contributed by atoms with E-state index in [1.807, 2.05) is 7.05 Å². The minimum Gasteiger partial charge on any atom is -0.333 e. The first-order valence-electron chi connectivity index (χ1n) is 7.14. The van der Waals surface area contributed by atoms with Gasteiger partial charge in [0.25, 0.3) is 0 Å². The molecule has 1 saturated heterocycles. The molecule has 1 heterocycles. The van der Waals surface area contributed by atoms with Crippen molar-refractivity contribution in [3.8, 4) is 0 Å². The molecular formula is C14H26N2O. The molecule has 1 aliphatic carbocycles. The van der Waals surface area contributed by atoms with E-state index in [1.54, 1.807) is 6.92 Å². The molecule has 0 aromatic rings. The third kappa shape index (κ3) is 2.49. The Morgan fingerprint density at radius 2 is 1.88 bits per heavy atom. The third-order valence-electron chi connectivity index (χ3n) is 4.62. The van der Waals surface area contributed by atoms with Gasteiger partial charge in [-0.2, -0.15) is 0 Å². The smallest absolute Gasteiger partial charge is 0.220 e. The Morgan fingerprint density at radius 3 is 2.47 bits per heavy atom. The average Bonchev–Trinajstić information content (AvgIpc) is 2.30. The van der Waals surface area contributed by atoms with Gasteiger partial charge in [0.2, 0.25) is 5.91 Å². The van der Waals surface area contributed by atoms with Crippen molar-refractivity contribution >= 4 is 5.91 Å². The maximum absolute atomic E-state index is 12.1. The Bertz CT molecular complexity index is 264. The van der Waals surface area contributed by atoms with Crippen LogP contribution in [0.15, 0.2) is 0 Å². The van der Waals surface area contributed by atoms with Crippen molar-refractivity contribution in [2.45, 2.75) is 69.9 Å². The van der Waals surface area contributed by atoms with Crippen LogP contribution in [-0.4, -0.2) is 36.0 Å². The summed E-state index contributed by atoms with van der Waals surface area (Å²) in [5.74, 6) is 0.284.